The van der Waals surface area contributed by atoms with E-state index in [0.29, 0.717) is 13.1 Å². The number of likely N-dealkylation sites (tertiary alicyclic amines) is 1. The molecule has 28 heavy (non-hydrogen) atoms. The van der Waals surface area contributed by atoms with Crippen LogP contribution in [0.1, 0.15) is 45.1 Å². The molecule has 0 bridgehead atoms. The fourth-order valence-electron chi connectivity index (χ4n) is 4.31. The number of carbonyl (C=O) groups is 2. The molecule has 0 radical (unpaired) electrons. The van der Waals surface area contributed by atoms with E-state index in [4.69, 9.17) is 0 Å². The molecule has 1 unspecified atom stereocenters. The number of hydrogen-bond donors (Lipinski definition) is 1. The summed E-state index contributed by atoms with van der Waals surface area (Å²) in [6, 6.07) is 10.6. The number of hydrogen-bond acceptors (Lipinski definition) is 3. The summed E-state index contributed by atoms with van der Waals surface area (Å²) in [4.78, 5) is 29.4. The van der Waals surface area contributed by atoms with Crippen molar-refractivity contribution in [3.63, 3.8) is 0 Å². The minimum atomic E-state index is -0.357. The Morgan fingerprint density at radius 3 is 2.68 bits per heavy atom. The number of piperazine rings is 1. The van der Waals surface area contributed by atoms with Gasteiger partial charge in [-0.15, -0.1) is 12.4 Å². The van der Waals surface area contributed by atoms with Crippen molar-refractivity contribution in [2.75, 3.05) is 32.7 Å². The van der Waals surface area contributed by atoms with Gasteiger partial charge in [-0.1, -0.05) is 44.2 Å². The zero-order valence-electron chi connectivity index (χ0n) is 17.2. The van der Waals surface area contributed by atoms with Crippen LogP contribution in [0.5, 0.6) is 0 Å². The molecule has 3 rings (SSSR count). The maximum absolute atomic E-state index is 13.2. The van der Waals surface area contributed by atoms with E-state index in [1.54, 1.807) is 0 Å². The van der Waals surface area contributed by atoms with Gasteiger partial charge >= 0.3 is 0 Å². The van der Waals surface area contributed by atoms with Gasteiger partial charge in [0.05, 0.1) is 6.54 Å². The van der Waals surface area contributed by atoms with Crippen LogP contribution in [-0.2, 0) is 16.0 Å². The molecule has 1 atom stereocenters. The molecular weight excluding hydrogens is 374 g/mol. The van der Waals surface area contributed by atoms with Crippen LogP contribution in [0.4, 0.5) is 0 Å². The molecule has 5 nitrogen and oxygen atoms in total. The van der Waals surface area contributed by atoms with E-state index in [-0.39, 0.29) is 35.7 Å². The zero-order chi connectivity index (χ0) is 19.3. The fraction of sp³-hybridized carbons (Fsp3) is 0.636. The van der Waals surface area contributed by atoms with Crippen LogP contribution in [0.15, 0.2) is 30.3 Å². The maximum Gasteiger partial charge on any atom is 0.236 e. The molecule has 2 heterocycles. The van der Waals surface area contributed by atoms with Crippen molar-refractivity contribution in [2.24, 2.45) is 5.41 Å². The van der Waals surface area contributed by atoms with E-state index in [0.717, 1.165) is 51.7 Å². The molecule has 1 N–H and O–H groups in total. The second-order valence-corrected chi connectivity index (χ2v) is 8.53. The van der Waals surface area contributed by atoms with E-state index >= 15 is 0 Å². The molecule has 2 aliphatic rings. The van der Waals surface area contributed by atoms with Gasteiger partial charge in [-0.25, -0.2) is 0 Å². The van der Waals surface area contributed by atoms with Gasteiger partial charge in [0.25, 0.3) is 0 Å². The van der Waals surface area contributed by atoms with Gasteiger partial charge in [-0.05, 0) is 37.7 Å². The monoisotopic (exact) mass is 407 g/mol. The number of halogens is 1. The highest BCUT2D eigenvalue weighted by Crippen LogP contribution is 2.29. The van der Waals surface area contributed by atoms with E-state index in [1.807, 2.05) is 15.9 Å². The summed E-state index contributed by atoms with van der Waals surface area (Å²) in [5, 5.41) is 3.13. The summed E-state index contributed by atoms with van der Waals surface area (Å²) in [5.41, 5.74) is 0.973. The number of nitrogens with zero attached hydrogens (tertiary/aromatic N) is 2. The summed E-state index contributed by atoms with van der Waals surface area (Å²) in [6.45, 7) is 7.67. The van der Waals surface area contributed by atoms with Crippen LogP contribution in [0.3, 0.4) is 0 Å². The van der Waals surface area contributed by atoms with Gasteiger partial charge in [-0.3, -0.25) is 9.59 Å². The second kappa shape index (κ2) is 10.3. The van der Waals surface area contributed by atoms with Gasteiger partial charge in [0.15, 0.2) is 0 Å². The molecular formula is C22H34ClN3O2. The summed E-state index contributed by atoms with van der Waals surface area (Å²) >= 11 is 0. The minimum Gasteiger partial charge on any atom is -0.340 e. The highest BCUT2D eigenvalue weighted by molar-refractivity contribution is 5.85. The Bertz CT molecular complexity index is 650. The number of aryl methyl sites for hydroxylation is 1. The first-order chi connectivity index (χ1) is 13.0. The number of rotatable bonds is 6. The van der Waals surface area contributed by atoms with Crippen LogP contribution in [-0.4, -0.2) is 60.4 Å². The van der Waals surface area contributed by atoms with E-state index in [1.165, 1.54) is 5.56 Å². The van der Waals surface area contributed by atoms with Crippen molar-refractivity contribution in [3.05, 3.63) is 35.9 Å². The molecule has 2 saturated heterocycles. The molecule has 0 spiro atoms. The van der Waals surface area contributed by atoms with Crippen molar-refractivity contribution >= 4 is 24.2 Å². The molecule has 0 aromatic heterocycles. The van der Waals surface area contributed by atoms with E-state index in [9.17, 15) is 9.59 Å². The predicted octanol–water partition coefficient (Wildman–Crippen LogP) is 2.88. The minimum absolute atomic E-state index is 0. The quantitative estimate of drug-likeness (QED) is 0.788. The molecule has 2 amide bonds. The average molecular weight is 408 g/mol. The first kappa shape index (κ1) is 22.7. The largest absolute Gasteiger partial charge is 0.340 e. The normalized spacial score (nSPS) is 20.6. The summed E-state index contributed by atoms with van der Waals surface area (Å²) in [6.07, 6.45) is 4.89. The smallest absolute Gasteiger partial charge is 0.236 e. The van der Waals surface area contributed by atoms with Crippen LogP contribution in [0.25, 0.3) is 0 Å². The molecule has 1 aromatic carbocycles. The Labute approximate surface area is 175 Å². The Kier molecular flexibility index (Phi) is 8.32. The summed E-state index contributed by atoms with van der Waals surface area (Å²) < 4.78 is 0. The number of piperidine rings is 1. The van der Waals surface area contributed by atoms with Gasteiger partial charge in [0.2, 0.25) is 11.8 Å². The van der Waals surface area contributed by atoms with Crippen molar-refractivity contribution < 1.29 is 9.59 Å². The van der Waals surface area contributed by atoms with Crippen LogP contribution in [0, 0.1) is 5.41 Å². The lowest BCUT2D eigenvalue weighted by atomic mass is 9.84. The Morgan fingerprint density at radius 1 is 1.21 bits per heavy atom. The first-order valence-electron chi connectivity index (χ1n) is 10.3. The molecule has 1 aromatic rings. The van der Waals surface area contributed by atoms with Crippen LogP contribution in [0.2, 0.25) is 0 Å². The number of benzene rings is 1. The fourth-order valence-corrected chi connectivity index (χ4v) is 4.31. The molecule has 2 aliphatic heterocycles. The SMILES string of the molecule is CC(C)(CCCc1ccccc1)C(=O)N1CCCC(N2CCNCC2=O)C1.Cl. The lowest BCUT2D eigenvalue weighted by Crippen LogP contribution is -2.58. The Morgan fingerprint density at radius 2 is 1.96 bits per heavy atom. The summed E-state index contributed by atoms with van der Waals surface area (Å²) in [5.74, 6) is 0.408. The van der Waals surface area contributed by atoms with Crippen molar-refractivity contribution in [1.29, 1.82) is 0 Å². The summed E-state index contributed by atoms with van der Waals surface area (Å²) in [7, 11) is 0. The van der Waals surface area contributed by atoms with Gasteiger partial charge in [-0.2, -0.15) is 0 Å². The lowest BCUT2D eigenvalue weighted by molar-refractivity contribution is -0.146. The van der Waals surface area contributed by atoms with Crippen molar-refractivity contribution in [1.82, 2.24) is 15.1 Å². The average Bonchev–Trinajstić information content (AvgIpc) is 2.68. The molecule has 156 valence electrons. The van der Waals surface area contributed by atoms with Crippen molar-refractivity contribution in [3.8, 4) is 0 Å². The lowest BCUT2D eigenvalue weighted by Gasteiger charge is -2.43. The molecule has 0 saturated carbocycles. The number of nitrogens with one attached hydrogen (secondary N) is 1. The molecule has 6 heteroatoms. The van der Waals surface area contributed by atoms with Crippen LogP contribution >= 0.6 is 12.4 Å². The third-order valence-electron chi connectivity index (χ3n) is 5.94. The third-order valence-corrected chi connectivity index (χ3v) is 5.94. The third kappa shape index (κ3) is 5.71. The van der Waals surface area contributed by atoms with Crippen LogP contribution < -0.4 is 5.32 Å². The zero-order valence-corrected chi connectivity index (χ0v) is 18.0. The van der Waals surface area contributed by atoms with Gasteiger partial charge in [0, 0.05) is 37.6 Å². The van der Waals surface area contributed by atoms with Gasteiger partial charge in [0.1, 0.15) is 0 Å². The predicted molar refractivity (Wildman–Crippen MR) is 115 cm³/mol. The van der Waals surface area contributed by atoms with E-state index in [2.05, 4.69) is 43.4 Å². The van der Waals surface area contributed by atoms with Crippen molar-refractivity contribution in [2.45, 2.75) is 52.0 Å². The molecule has 2 fully saturated rings. The topological polar surface area (TPSA) is 52.7 Å². The van der Waals surface area contributed by atoms with E-state index < -0.39 is 0 Å². The first-order valence-corrected chi connectivity index (χ1v) is 10.3. The Balaban J connectivity index is 0.00000280. The van der Waals surface area contributed by atoms with Gasteiger partial charge < -0.3 is 15.1 Å². The molecule has 0 aliphatic carbocycles. The number of amides is 2. The second-order valence-electron chi connectivity index (χ2n) is 8.53. The highest BCUT2D eigenvalue weighted by atomic mass is 35.5. The standard InChI is InChI=1S/C22H33N3O2.ClH/c1-22(2,12-6-10-18-8-4-3-5-9-18)21(27)24-14-7-11-19(17-24)25-15-13-23-16-20(25)26;/h3-5,8-9,19,23H,6-7,10-17H2,1-2H3;1H. The highest BCUT2D eigenvalue weighted by Gasteiger charge is 2.36. The Hall–Kier alpha value is -1.59. The number of carbonyl (C=O) groups excluding carboxylic acids is 2. The maximum atomic E-state index is 13.2.